The van der Waals surface area contributed by atoms with Crippen molar-refractivity contribution in [2.24, 2.45) is 5.73 Å². The molecule has 2 N–H and O–H groups in total. The molecule has 0 radical (unpaired) electrons. The van der Waals surface area contributed by atoms with E-state index in [1.807, 2.05) is 11.6 Å². The number of hydrogen-bond donors (Lipinski definition) is 1. The third kappa shape index (κ3) is 3.49. The van der Waals surface area contributed by atoms with Crippen molar-refractivity contribution in [1.82, 2.24) is 24.6 Å². The molecule has 96 valence electrons. The van der Waals surface area contributed by atoms with Gasteiger partial charge in [-0.25, -0.2) is 4.98 Å². The van der Waals surface area contributed by atoms with Gasteiger partial charge in [0.1, 0.15) is 6.33 Å². The van der Waals surface area contributed by atoms with E-state index in [9.17, 15) is 0 Å². The molecule has 1 aromatic rings. The number of piperazine rings is 1. The second-order valence-corrected chi connectivity index (χ2v) is 4.80. The van der Waals surface area contributed by atoms with Crippen LogP contribution >= 0.6 is 0 Å². The van der Waals surface area contributed by atoms with Crippen molar-refractivity contribution >= 4 is 0 Å². The highest BCUT2D eigenvalue weighted by atomic mass is 15.3. The molecule has 0 amide bonds. The lowest BCUT2D eigenvalue weighted by atomic mass is 10.3. The largest absolute Gasteiger partial charge is 0.321 e. The minimum absolute atomic E-state index is 0.0834. The van der Waals surface area contributed by atoms with Crippen LogP contribution < -0.4 is 5.73 Å². The Morgan fingerprint density at radius 1 is 1.29 bits per heavy atom. The van der Waals surface area contributed by atoms with Crippen molar-refractivity contribution in [1.29, 1.82) is 0 Å². The van der Waals surface area contributed by atoms with Gasteiger partial charge in [0.25, 0.3) is 0 Å². The minimum Gasteiger partial charge on any atom is -0.321 e. The Morgan fingerprint density at radius 3 is 2.59 bits per heavy atom. The number of hydrogen-bond acceptors (Lipinski definition) is 5. The van der Waals surface area contributed by atoms with Gasteiger partial charge in [-0.1, -0.05) is 0 Å². The number of aromatic nitrogens is 3. The molecule has 0 spiro atoms. The van der Waals surface area contributed by atoms with Crippen LogP contribution in [0.5, 0.6) is 0 Å². The molecule has 0 saturated carbocycles. The van der Waals surface area contributed by atoms with Crippen molar-refractivity contribution in [2.45, 2.75) is 19.5 Å². The minimum atomic E-state index is -0.0834. The van der Waals surface area contributed by atoms with Crippen molar-refractivity contribution in [3.8, 4) is 0 Å². The maximum absolute atomic E-state index is 5.73. The van der Waals surface area contributed by atoms with Crippen LogP contribution in [0.3, 0.4) is 0 Å². The fourth-order valence-corrected chi connectivity index (χ4v) is 1.94. The lowest BCUT2D eigenvalue weighted by molar-refractivity contribution is 0.148. The molecule has 17 heavy (non-hydrogen) atoms. The number of rotatable bonds is 4. The van der Waals surface area contributed by atoms with E-state index >= 15 is 0 Å². The van der Waals surface area contributed by atoms with Gasteiger partial charge in [0.15, 0.2) is 5.82 Å². The quantitative estimate of drug-likeness (QED) is 0.769. The lowest BCUT2D eigenvalue weighted by Crippen LogP contribution is -2.45. The zero-order valence-electron chi connectivity index (χ0n) is 10.7. The Bertz CT molecular complexity index is 339. The molecule has 6 nitrogen and oxygen atoms in total. The van der Waals surface area contributed by atoms with Crippen molar-refractivity contribution in [3.05, 3.63) is 12.2 Å². The highest BCUT2D eigenvalue weighted by Crippen LogP contribution is 2.02. The van der Waals surface area contributed by atoms with Crippen LogP contribution in [0, 0.1) is 0 Å². The average Bonchev–Trinajstić information content (AvgIpc) is 2.77. The van der Waals surface area contributed by atoms with E-state index in [2.05, 4.69) is 26.9 Å². The summed E-state index contributed by atoms with van der Waals surface area (Å²) in [6, 6.07) is -0.0834. The van der Waals surface area contributed by atoms with E-state index in [0.717, 1.165) is 45.1 Å². The first kappa shape index (κ1) is 12.5. The van der Waals surface area contributed by atoms with E-state index in [4.69, 9.17) is 5.73 Å². The van der Waals surface area contributed by atoms with Gasteiger partial charge in [0.05, 0.1) is 12.6 Å². The third-order valence-electron chi connectivity index (χ3n) is 3.20. The summed E-state index contributed by atoms with van der Waals surface area (Å²) in [5.74, 6) is 0.725. The van der Waals surface area contributed by atoms with E-state index in [1.165, 1.54) is 0 Å². The molecule has 1 fully saturated rings. The van der Waals surface area contributed by atoms with Crippen molar-refractivity contribution in [2.75, 3.05) is 39.8 Å². The fourth-order valence-electron chi connectivity index (χ4n) is 1.94. The molecule has 1 aliphatic rings. The van der Waals surface area contributed by atoms with Crippen molar-refractivity contribution in [3.63, 3.8) is 0 Å². The number of likely N-dealkylation sites (N-methyl/N-ethyl adjacent to an activating group) is 1. The summed E-state index contributed by atoms with van der Waals surface area (Å²) in [6.45, 7) is 8.43. The van der Waals surface area contributed by atoms with Gasteiger partial charge in [-0.15, -0.1) is 0 Å². The fraction of sp³-hybridized carbons (Fsp3) is 0.818. The molecule has 1 atom stereocenters. The molecule has 1 aromatic heterocycles. The molecule has 1 saturated heterocycles. The summed E-state index contributed by atoms with van der Waals surface area (Å²) >= 11 is 0. The second-order valence-electron chi connectivity index (χ2n) is 4.80. The van der Waals surface area contributed by atoms with Crippen molar-refractivity contribution < 1.29 is 0 Å². The van der Waals surface area contributed by atoms with Gasteiger partial charge < -0.3 is 10.6 Å². The van der Waals surface area contributed by atoms with E-state index in [0.29, 0.717) is 0 Å². The van der Waals surface area contributed by atoms with E-state index in [1.54, 1.807) is 6.33 Å². The third-order valence-corrected chi connectivity index (χ3v) is 3.20. The normalized spacial score (nSPS) is 20.6. The standard InChI is InChI=1S/C11H22N6/c1-10(12)11-13-9-17(14-11)8-7-16-5-3-15(2)4-6-16/h9-10H,3-8,12H2,1-2H3. The summed E-state index contributed by atoms with van der Waals surface area (Å²) in [5.41, 5.74) is 5.73. The summed E-state index contributed by atoms with van der Waals surface area (Å²) in [6.07, 6.45) is 1.77. The Morgan fingerprint density at radius 2 is 2.00 bits per heavy atom. The smallest absolute Gasteiger partial charge is 0.166 e. The molecule has 1 unspecified atom stereocenters. The first-order chi connectivity index (χ1) is 8.15. The first-order valence-electron chi connectivity index (χ1n) is 6.21. The SMILES string of the molecule is CC(N)c1ncn(CCN2CCN(C)CC2)n1. The van der Waals surface area contributed by atoms with Crippen LogP contribution in [-0.4, -0.2) is 64.3 Å². The molecule has 6 heteroatoms. The predicted molar refractivity (Wildman–Crippen MR) is 66.6 cm³/mol. The van der Waals surface area contributed by atoms with Gasteiger partial charge in [-0.3, -0.25) is 9.58 Å². The van der Waals surface area contributed by atoms with Crippen LogP contribution in [0.1, 0.15) is 18.8 Å². The summed E-state index contributed by atoms with van der Waals surface area (Å²) in [4.78, 5) is 9.02. The molecule has 2 rings (SSSR count). The molecular formula is C11H22N6. The Balaban J connectivity index is 1.77. The van der Waals surface area contributed by atoms with Gasteiger partial charge in [0, 0.05) is 32.7 Å². The van der Waals surface area contributed by atoms with Crippen LogP contribution in [0.2, 0.25) is 0 Å². The van der Waals surface area contributed by atoms with Gasteiger partial charge in [0.2, 0.25) is 0 Å². The van der Waals surface area contributed by atoms with Gasteiger partial charge >= 0.3 is 0 Å². The van der Waals surface area contributed by atoms with Crippen LogP contribution in [-0.2, 0) is 6.54 Å². The monoisotopic (exact) mass is 238 g/mol. The zero-order chi connectivity index (χ0) is 12.3. The second kappa shape index (κ2) is 5.57. The van der Waals surface area contributed by atoms with Crippen LogP contribution in [0.15, 0.2) is 6.33 Å². The molecule has 2 heterocycles. The predicted octanol–water partition coefficient (Wildman–Crippen LogP) is -0.455. The molecular weight excluding hydrogens is 216 g/mol. The Kier molecular flexibility index (Phi) is 4.09. The highest BCUT2D eigenvalue weighted by molar-refractivity contribution is 4.87. The maximum Gasteiger partial charge on any atom is 0.166 e. The Labute approximate surface area is 102 Å². The zero-order valence-corrected chi connectivity index (χ0v) is 10.7. The Hall–Kier alpha value is -0.980. The highest BCUT2D eigenvalue weighted by Gasteiger charge is 2.13. The number of nitrogens with zero attached hydrogens (tertiary/aromatic N) is 5. The van der Waals surface area contributed by atoms with Crippen LogP contribution in [0.25, 0.3) is 0 Å². The molecule has 0 aliphatic carbocycles. The summed E-state index contributed by atoms with van der Waals surface area (Å²) < 4.78 is 1.89. The maximum atomic E-state index is 5.73. The topological polar surface area (TPSA) is 63.2 Å². The summed E-state index contributed by atoms with van der Waals surface area (Å²) in [5, 5.41) is 4.35. The summed E-state index contributed by atoms with van der Waals surface area (Å²) in [7, 11) is 2.17. The molecule has 1 aliphatic heterocycles. The average molecular weight is 238 g/mol. The van der Waals surface area contributed by atoms with Crippen LogP contribution in [0.4, 0.5) is 0 Å². The van der Waals surface area contributed by atoms with Gasteiger partial charge in [-0.2, -0.15) is 5.10 Å². The first-order valence-corrected chi connectivity index (χ1v) is 6.21. The van der Waals surface area contributed by atoms with E-state index in [-0.39, 0.29) is 6.04 Å². The number of nitrogens with two attached hydrogens (primary N) is 1. The lowest BCUT2D eigenvalue weighted by Gasteiger charge is -2.32. The van der Waals surface area contributed by atoms with Gasteiger partial charge in [-0.05, 0) is 14.0 Å². The van der Waals surface area contributed by atoms with E-state index < -0.39 is 0 Å². The molecule has 0 aromatic carbocycles. The molecule has 0 bridgehead atoms.